The van der Waals surface area contributed by atoms with Gasteiger partial charge in [-0.1, -0.05) is 19.1 Å². The van der Waals surface area contributed by atoms with Crippen molar-refractivity contribution in [3.05, 3.63) is 29.8 Å². The molecular formula is C14H26Cl2N2. The van der Waals surface area contributed by atoms with Crippen molar-refractivity contribution in [2.24, 2.45) is 0 Å². The van der Waals surface area contributed by atoms with Crippen LogP contribution in [0, 0.1) is 0 Å². The number of hydrogen-bond donors (Lipinski definition) is 1. The van der Waals surface area contributed by atoms with Gasteiger partial charge in [-0.3, -0.25) is 0 Å². The number of halogens is 2. The Morgan fingerprint density at radius 3 is 1.94 bits per heavy atom. The number of nitrogens with one attached hydrogen (secondary N) is 1. The van der Waals surface area contributed by atoms with Crippen molar-refractivity contribution in [3.8, 4) is 0 Å². The van der Waals surface area contributed by atoms with Gasteiger partial charge in [0.25, 0.3) is 0 Å². The van der Waals surface area contributed by atoms with Gasteiger partial charge in [-0.2, -0.15) is 0 Å². The number of rotatable bonds is 5. The van der Waals surface area contributed by atoms with E-state index in [-0.39, 0.29) is 30.4 Å². The van der Waals surface area contributed by atoms with Gasteiger partial charge in [0.15, 0.2) is 0 Å². The first-order valence-corrected chi connectivity index (χ1v) is 5.96. The molecule has 0 aliphatic rings. The third-order valence-electron chi connectivity index (χ3n) is 2.75. The fourth-order valence-electron chi connectivity index (χ4n) is 1.96. The van der Waals surface area contributed by atoms with E-state index in [9.17, 15) is 0 Å². The minimum absolute atomic E-state index is 0. The van der Waals surface area contributed by atoms with Crippen LogP contribution in [0.1, 0.15) is 26.3 Å². The zero-order chi connectivity index (χ0) is 12.2. The Kier molecular flexibility index (Phi) is 9.53. The Morgan fingerprint density at radius 1 is 1.06 bits per heavy atom. The predicted molar refractivity (Wildman–Crippen MR) is 86.7 cm³/mol. The van der Waals surface area contributed by atoms with E-state index in [1.807, 2.05) is 0 Å². The molecule has 0 fully saturated rings. The van der Waals surface area contributed by atoms with Crippen LogP contribution in [0.2, 0.25) is 0 Å². The van der Waals surface area contributed by atoms with Crippen molar-refractivity contribution in [3.63, 3.8) is 0 Å². The van der Waals surface area contributed by atoms with Crippen LogP contribution in [0.5, 0.6) is 0 Å². The standard InChI is InChI=1S/C14H24N2.2ClH/c1-6-15-14(2,3)11-12-7-9-13(10-8-12)16(4)5;;/h7-10,15H,6,11H2,1-5H3;2*1H. The fourth-order valence-corrected chi connectivity index (χ4v) is 1.96. The summed E-state index contributed by atoms with van der Waals surface area (Å²) >= 11 is 0. The maximum absolute atomic E-state index is 3.50. The molecule has 0 bridgehead atoms. The van der Waals surface area contributed by atoms with E-state index in [2.05, 4.69) is 69.3 Å². The van der Waals surface area contributed by atoms with Crippen molar-refractivity contribution in [2.75, 3.05) is 25.5 Å². The molecule has 0 aromatic heterocycles. The summed E-state index contributed by atoms with van der Waals surface area (Å²) in [4.78, 5) is 2.12. The van der Waals surface area contributed by atoms with Gasteiger partial charge < -0.3 is 10.2 Å². The SMILES string of the molecule is CCNC(C)(C)Cc1ccc(N(C)C)cc1.Cl.Cl. The normalized spacial score (nSPS) is 10.3. The van der Waals surface area contributed by atoms with E-state index in [1.54, 1.807) is 0 Å². The zero-order valence-corrected chi connectivity index (χ0v) is 13.6. The van der Waals surface area contributed by atoms with Gasteiger partial charge in [-0.25, -0.2) is 0 Å². The lowest BCUT2D eigenvalue weighted by Gasteiger charge is -2.26. The van der Waals surface area contributed by atoms with Gasteiger partial charge in [0.05, 0.1) is 0 Å². The van der Waals surface area contributed by atoms with Gasteiger partial charge in [-0.15, -0.1) is 24.8 Å². The quantitative estimate of drug-likeness (QED) is 0.893. The average molecular weight is 293 g/mol. The lowest BCUT2D eigenvalue weighted by atomic mass is 9.95. The highest BCUT2D eigenvalue weighted by atomic mass is 35.5. The summed E-state index contributed by atoms with van der Waals surface area (Å²) in [6.45, 7) is 7.66. The third-order valence-corrected chi connectivity index (χ3v) is 2.75. The van der Waals surface area contributed by atoms with Crippen molar-refractivity contribution in [2.45, 2.75) is 32.7 Å². The van der Waals surface area contributed by atoms with Crippen LogP contribution in [0.15, 0.2) is 24.3 Å². The monoisotopic (exact) mass is 292 g/mol. The van der Waals surface area contributed by atoms with Crippen molar-refractivity contribution < 1.29 is 0 Å². The van der Waals surface area contributed by atoms with Crippen LogP contribution in [0.4, 0.5) is 5.69 Å². The first-order valence-electron chi connectivity index (χ1n) is 5.96. The van der Waals surface area contributed by atoms with E-state index in [0.717, 1.165) is 13.0 Å². The number of hydrogen-bond acceptors (Lipinski definition) is 2. The molecule has 18 heavy (non-hydrogen) atoms. The molecule has 1 rings (SSSR count). The summed E-state index contributed by atoms with van der Waals surface area (Å²) in [6.07, 6.45) is 1.06. The van der Waals surface area contributed by atoms with Crippen LogP contribution in [-0.4, -0.2) is 26.2 Å². The van der Waals surface area contributed by atoms with E-state index in [4.69, 9.17) is 0 Å². The molecule has 0 aliphatic heterocycles. The summed E-state index contributed by atoms with van der Waals surface area (Å²) in [5.74, 6) is 0. The van der Waals surface area contributed by atoms with Gasteiger partial charge in [0.1, 0.15) is 0 Å². The van der Waals surface area contributed by atoms with Gasteiger partial charge in [-0.05, 0) is 44.5 Å². The highest BCUT2D eigenvalue weighted by molar-refractivity contribution is 5.85. The van der Waals surface area contributed by atoms with Gasteiger partial charge >= 0.3 is 0 Å². The van der Waals surface area contributed by atoms with Crippen LogP contribution < -0.4 is 10.2 Å². The molecule has 0 radical (unpaired) electrons. The third kappa shape index (κ3) is 6.48. The maximum atomic E-state index is 3.50. The molecule has 4 heteroatoms. The molecule has 0 heterocycles. The molecule has 0 saturated heterocycles. The molecule has 0 aliphatic carbocycles. The molecule has 0 spiro atoms. The highest BCUT2D eigenvalue weighted by Gasteiger charge is 2.16. The molecule has 0 amide bonds. The smallest absolute Gasteiger partial charge is 0.0361 e. The minimum Gasteiger partial charge on any atom is -0.378 e. The number of anilines is 1. The largest absolute Gasteiger partial charge is 0.378 e. The molecule has 106 valence electrons. The summed E-state index contributed by atoms with van der Waals surface area (Å²) in [6, 6.07) is 8.79. The second kappa shape index (κ2) is 8.63. The second-order valence-corrected chi connectivity index (χ2v) is 5.15. The van der Waals surface area contributed by atoms with Crippen molar-refractivity contribution in [1.82, 2.24) is 5.32 Å². The summed E-state index contributed by atoms with van der Waals surface area (Å²) in [5, 5.41) is 3.50. The summed E-state index contributed by atoms with van der Waals surface area (Å²) in [5.41, 5.74) is 2.82. The Balaban J connectivity index is 0. The molecular weight excluding hydrogens is 267 g/mol. The van der Waals surface area contributed by atoms with Gasteiger partial charge in [0, 0.05) is 25.3 Å². The molecule has 1 aromatic carbocycles. The number of likely N-dealkylation sites (N-methyl/N-ethyl adjacent to an activating group) is 1. The second-order valence-electron chi connectivity index (χ2n) is 5.15. The fraction of sp³-hybridized carbons (Fsp3) is 0.571. The molecule has 2 nitrogen and oxygen atoms in total. The van der Waals surface area contributed by atoms with E-state index in [1.165, 1.54) is 11.3 Å². The van der Waals surface area contributed by atoms with E-state index in [0.29, 0.717) is 0 Å². The predicted octanol–water partition coefficient (Wildman–Crippen LogP) is 3.53. The topological polar surface area (TPSA) is 15.3 Å². The van der Waals surface area contributed by atoms with Gasteiger partial charge in [0.2, 0.25) is 0 Å². The van der Waals surface area contributed by atoms with Crippen LogP contribution in [0.25, 0.3) is 0 Å². The Bertz CT molecular complexity index is 321. The molecule has 0 atom stereocenters. The molecule has 0 saturated carbocycles. The molecule has 1 N–H and O–H groups in total. The van der Waals surface area contributed by atoms with Crippen molar-refractivity contribution in [1.29, 1.82) is 0 Å². The molecule has 1 aromatic rings. The lowest BCUT2D eigenvalue weighted by molar-refractivity contribution is 0.397. The van der Waals surface area contributed by atoms with Crippen LogP contribution in [-0.2, 0) is 6.42 Å². The average Bonchev–Trinajstić information content (AvgIpc) is 2.17. The number of nitrogens with zero attached hydrogens (tertiary/aromatic N) is 1. The first kappa shape index (κ1) is 19.9. The maximum Gasteiger partial charge on any atom is 0.0361 e. The Morgan fingerprint density at radius 2 is 1.56 bits per heavy atom. The van der Waals surface area contributed by atoms with Crippen molar-refractivity contribution >= 4 is 30.5 Å². The summed E-state index contributed by atoms with van der Waals surface area (Å²) in [7, 11) is 4.13. The first-order chi connectivity index (χ1) is 7.44. The van der Waals surface area contributed by atoms with Crippen LogP contribution >= 0.6 is 24.8 Å². The Labute approximate surface area is 124 Å². The zero-order valence-electron chi connectivity index (χ0n) is 12.0. The van der Waals surface area contributed by atoms with E-state index >= 15 is 0 Å². The lowest BCUT2D eigenvalue weighted by Crippen LogP contribution is -2.41. The summed E-state index contributed by atoms with van der Waals surface area (Å²) < 4.78 is 0. The minimum atomic E-state index is 0. The highest BCUT2D eigenvalue weighted by Crippen LogP contribution is 2.16. The number of benzene rings is 1. The van der Waals surface area contributed by atoms with Crippen LogP contribution in [0.3, 0.4) is 0 Å². The Hall–Kier alpha value is -0.440. The molecule has 0 unspecified atom stereocenters. The van der Waals surface area contributed by atoms with E-state index < -0.39 is 0 Å².